The molecule has 1 heterocycles. The van der Waals surface area contributed by atoms with Crippen LogP contribution in [0.2, 0.25) is 0 Å². The van der Waals surface area contributed by atoms with Crippen molar-refractivity contribution in [3.8, 4) is 5.75 Å². The van der Waals surface area contributed by atoms with Crippen molar-refractivity contribution in [2.45, 2.75) is 20.3 Å². The van der Waals surface area contributed by atoms with Crippen molar-refractivity contribution in [3.63, 3.8) is 0 Å². The molecule has 5 heteroatoms. The Kier molecular flexibility index (Phi) is 3.39. The second-order valence-corrected chi connectivity index (χ2v) is 2.86. The van der Waals surface area contributed by atoms with Gasteiger partial charge < -0.3 is 14.9 Å². The highest BCUT2D eigenvalue weighted by Gasteiger charge is 2.11. The minimum absolute atomic E-state index is 0.147. The van der Waals surface area contributed by atoms with Gasteiger partial charge >= 0.3 is 5.82 Å². The zero-order chi connectivity index (χ0) is 10.6. The molecule has 0 aromatic carbocycles. The molecule has 14 heavy (non-hydrogen) atoms. The number of aryl methyl sites for hydroxylation is 1. The Hall–Kier alpha value is -1.65. The van der Waals surface area contributed by atoms with Crippen LogP contribution in [0.4, 0.5) is 5.82 Å². The van der Waals surface area contributed by atoms with E-state index in [1.54, 1.807) is 13.0 Å². The maximum atomic E-state index is 10.4. The van der Waals surface area contributed by atoms with Gasteiger partial charge in [0.05, 0.1) is 6.61 Å². The third-order valence-corrected chi connectivity index (χ3v) is 1.67. The molecule has 0 radical (unpaired) electrons. The Morgan fingerprint density at radius 2 is 2.29 bits per heavy atom. The first kappa shape index (κ1) is 10.4. The van der Waals surface area contributed by atoms with Gasteiger partial charge in [-0.2, -0.15) is 0 Å². The Morgan fingerprint density at radius 1 is 1.57 bits per heavy atom. The summed E-state index contributed by atoms with van der Waals surface area (Å²) in [5.41, 5.74) is 0.549. The average molecular weight is 196 g/mol. The number of hydrogen-bond donors (Lipinski definition) is 0. The molecule has 1 aromatic heterocycles. The quantitative estimate of drug-likeness (QED) is 0.546. The van der Waals surface area contributed by atoms with E-state index in [1.165, 1.54) is 6.07 Å². The van der Waals surface area contributed by atoms with Crippen LogP contribution in [-0.2, 0) is 0 Å². The summed E-state index contributed by atoms with van der Waals surface area (Å²) in [6.07, 6.45) is 0.899. The number of nitrogens with zero attached hydrogens (tertiary/aromatic N) is 2. The van der Waals surface area contributed by atoms with Gasteiger partial charge in [0.1, 0.15) is 0 Å². The lowest BCUT2D eigenvalue weighted by Gasteiger charge is -2.03. The number of aromatic nitrogens is 1. The van der Waals surface area contributed by atoms with E-state index in [0.717, 1.165) is 6.42 Å². The molecule has 0 amide bonds. The third-order valence-electron chi connectivity index (χ3n) is 1.67. The molecule has 0 atom stereocenters. The molecule has 0 aliphatic heterocycles. The van der Waals surface area contributed by atoms with Gasteiger partial charge in [0, 0.05) is 13.0 Å². The number of ether oxygens (including phenoxy) is 1. The molecule has 0 saturated carbocycles. The van der Waals surface area contributed by atoms with Crippen LogP contribution >= 0.6 is 0 Å². The van der Waals surface area contributed by atoms with Crippen molar-refractivity contribution < 1.29 is 9.66 Å². The van der Waals surface area contributed by atoms with E-state index in [1.807, 2.05) is 6.92 Å². The highest BCUT2D eigenvalue weighted by atomic mass is 16.6. The predicted octanol–water partition coefficient (Wildman–Crippen LogP) is 2.09. The van der Waals surface area contributed by atoms with Crippen molar-refractivity contribution in [2.24, 2.45) is 0 Å². The summed E-state index contributed by atoms with van der Waals surface area (Å²) in [4.78, 5) is 13.7. The van der Waals surface area contributed by atoms with E-state index in [9.17, 15) is 10.1 Å². The Bertz CT molecular complexity index is 339. The summed E-state index contributed by atoms with van der Waals surface area (Å²) in [6.45, 7) is 4.28. The van der Waals surface area contributed by atoms with Crippen LogP contribution in [0.3, 0.4) is 0 Å². The predicted molar refractivity (Wildman–Crippen MR) is 51.4 cm³/mol. The topological polar surface area (TPSA) is 65.3 Å². The van der Waals surface area contributed by atoms with Crippen LogP contribution < -0.4 is 4.74 Å². The fourth-order valence-corrected chi connectivity index (χ4v) is 1.00. The number of nitro groups is 1. The minimum atomic E-state index is -0.517. The molecule has 76 valence electrons. The van der Waals surface area contributed by atoms with Gasteiger partial charge in [0.25, 0.3) is 0 Å². The van der Waals surface area contributed by atoms with Crippen LogP contribution in [-0.4, -0.2) is 16.5 Å². The van der Waals surface area contributed by atoms with E-state index in [-0.39, 0.29) is 5.82 Å². The van der Waals surface area contributed by atoms with Gasteiger partial charge in [-0.15, -0.1) is 0 Å². The van der Waals surface area contributed by atoms with Gasteiger partial charge in [0.2, 0.25) is 0 Å². The summed E-state index contributed by atoms with van der Waals surface area (Å²) in [6, 6.07) is 2.92. The molecule has 0 unspecified atom stereocenters. The zero-order valence-corrected chi connectivity index (χ0v) is 8.19. The zero-order valence-electron chi connectivity index (χ0n) is 8.19. The Morgan fingerprint density at radius 3 is 2.79 bits per heavy atom. The van der Waals surface area contributed by atoms with Crippen molar-refractivity contribution in [2.75, 3.05) is 6.61 Å². The van der Waals surface area contributed by atoms with Crippen LogP contribution in [0.25, 0.3) is 0 Å². The molecule has 1 aromatic rings. The largest absolute Gasteiger partial charge is 0.489 e. The highest BCUT2D eigenvalue weighted by molar-refractivity contribution is 5.33. The molecule has 0 N–H and O–H groups in total. The standard InChI is InChI=1S/C9H12N2O3/c1-3-6-14-8-4-5-9(11(12)13)10-7(8)2/h4-5H,3,6H2,1-2H3. The van der Waals surface area contributed by atoms with E-state index in [4.69, 9.17) is 4.74 Å². The van der Waals surface area contributed by atoms with E-state index in [0.29, 0.717) is 18.1 Å². The van der Waals surface area contributed by atoms with Crippen molar-refractivity contribution in [3.05, 3.63) is 27.9 Å². The molecule has 0 spiro atoms. The van der Waals surface area contributed by atoms with Crippen molar-refractivity contribution in [1.29, 1.82) is 0 Å². The molecule has 0 saturated heterocycles. The van der Waals surface area contributed by atoms with Crippen LogP contribution in [0.15, 0.2) is 12.1 Å². The van der Waals surface area contributed by atoms with Crippen molar-refractivity contribution >= 4 is 5.82 Å². The maximum absolute atomic E-state index is 10.4. The van der Waals surface area contributed by atoms with Gasteiger partial charge in [0.15, 0.2) is 11.4 Å². The third kappa shape index (κ3) is 2.42. The summed E-state index contributed by atoms with van der Waals surface area (Å²) in [5, 5.41) is 10.4. The summed E-state index contributed by atoms with van der Waals surface area (Å²) in [7, 11) is 0. The van der Waals surface area contributed by atoms with Gasteiger partial charge in [-0.25, -0.2) is 0 Å². The van der Waals surface area contributed by atoms with Crippen LogP contribution in [0.1, 0.15) is 19.0 Å². The number of pyridine rings is 1. The molecule has 0 fully saturated rings. The van der Waals surface area contributed by atoms with Crippen LogP contribution in [0, 0.1) is 17.0 Å². The molecular formula is C9H12N2O3. The Balaban J connectivity index is 2.84. The molecule has 0 aliphatic rings. The molecule has 5 nitrogen and oxygen atoms in total. The normalized spacial score (nSPS) is 9.86. The number of rotatable bonds is 4. The second-order valence-electron chi connectivity index (χ2n) is 2.86. The summed E-state index contributed by atoms with van der Waals surface area (Å²) >= 11 is 0. The molecule has 1 rings (SSSR count). The number of hydrogen-bond acceptors (Lipinski definition) is 4. The lowest BCUT2D eigenvalue weighted by atomic mass is 10.3. The van der Waals surface area contributed by atoms with E-state index >= 15 is 0 Å². The SMILES string of the molecule is CCCOc1ccc([N+](=O)[O-])nc1C. The molecule has 0 bridgehead atoms. The highest BCUT2D eigenvalue weighted by Crippen LogP contribution is 2.19. The second kappa shape index (κ2) is 4.55. The average Bonchev–Trinajstić information content (AvgIpc) is 2.15. The maximum Gasteiger partial charge on any atom is 0.363 e. The Labute approximate surface area is 81.9 Å². The first-order valence-electron chi connectivity index (χ1n) is 4.40. The fraction of sp³-hybridized carbons (Fsp3) is 0.444. The first-order chi connectivity index (χ1) is 6.65. The lowest BCUT2D eigenvalue weighted by molar-refractivity contribution is -0.389. The fourth-order valence-electron chi connectivity index (χ4n) is 1.00. The molecular weight excluding hydrogens is 184 g/mol. The van der Waals surface area contributed by atoms with Crippen LogP contribution in [0.5, 0.6) is 5.75 Å². The van der Waals surface area contributed by atoms with E-state index in [2.05, 4.69) is 4.98 Å². The van der Waals surface area contributed by atoms with Gasteiger partial charge in [-0.1, -0.05) is 6.92 Å². The molecule has 0 aliphatic carbocycles. The minimum Gasteiger partial charge on any atom is -0.489 e. The monoisotopic (exact) mass is 196 g/mol. The van der Waals surface area contributed by atoms with Gasteiger partial charge in [-0.3, -0.25) is 0 Å². The lowest BCUT2D eigenvalue weighted by Crippen LogP contribution is -2.00. The van der Waals surface area contributed by atoms with E-state index < -0.39 is 4.92 Å². The van der Waals surface area contributed by atoms with Gasteiger partial charge in [-0.05, 0) is 22.4 Å². The first-order valence-corrected chi connectivity index (χ1v) is 4.40. The van der Waals surface area contributed by atoms with Crippen molar-refractivity contribution in [1.82, 2.24) is 4.98 Å². The summed E-state index contributed by atoms with van der Waals surface area (Å²) in [5.74, 6) is 0.462. The summed E-state index contributed by atoms with van der Waals surface area (Å²) < 4.78 is 5.34. The smallest absolute Gasteiger partial charge is 0.363 e.